The van der Waals surface area contributed by atoms with E-state index < -0.39 is 17.8 Å². The van der Waals surface area contributed by atoms with Crippen LogP contribution < -0.4 is 20.5 Å². The molecule has 0 saturated carbocycles. The van der Waals surface area contributed by atoms with Crippen LogP contribution in [0, 0.1) is 6.92 Å². The zero-order valence-electron chi connectivity index (χ0n) is 20.6. The number of alkyl halides is 3. The summed E-state index contributed by atoms with van der Waals surface area (Å²) in [5.41, 5.74) is 5.99. The van der Waals surface area contributed by atoms with Crippen LogP contribution in [0.5, 0.6) is 11.5 Å². The smallest absolute Gasteiger partial charge is 0.416 e. The maximum Gasteiger partial charge on any atom is 0.416 e. The van der Waals surface area contributed by atoms with Crippen LogP contribution >= 0.6 is 0 Å². The van der Waals surface area contributed by atoms with Gasteiger partial charge in [-0.1, -0.05) is 0 Å². The number of nitrogens with two attached hydrogens (primary N) is 1. The number of nitrogens with zero attached hydrogens (tertiary/aromatic N) is 3. The van der Waals surface area contributed by atoms with Gasteiger partial charge in [0.25, 0.3) is 0 Å². The first-order valence-corrected chi connectivity index (χ1v) is 11.6. The van der Waals surface area contributed by atoms with Gasteiger partial charge >= 0.3 is 6.18 Å². The number of rotatable bonds is 7. The highest BCUT2D eigenvalue weighted by Crippen LogP contribution is 2.37. The van der Waals surface area contributed by atoms with Gasteiger partial charge in [0.05, 0.1) is 30.8 Å². The summed E-state index contributed by atoms with van der Waals surface area (Å²) >= 11 is 0. The van der Waals surface area contributed by atoms with E-state index in [4.69, 9.17) is 19.9 Å². The number of aromatic nitrogens is 2. The van der Waals surface area contributed by atoms with Crippen LogP contribution in [0.1, 0.15) is 29.9 Å². The molecular weight excluding hydrogens is 475 g/mol. The largest absolute Gasteiger partial charge is 0.493 e. The van der Waals surface area contributed by atoms with Crippen molar-refractivity contribution in [1.29, 1.82) is 0 Å². The number of likely N-dealkylation sites (N-methyl/N-ethyl adjacent to an activating group) is 1. The number of halogens is 3. The molecule has 0 amide bonds. The number of benzene rings is 2. The van der Waals surface area contributed by atoms with Gasteiger partial charge in [0.2, 0.25) is 0 Å². The average Bonchev–Trinajstić information content (AvgIpc) is 2.81. The number of aryl methyl sites for hydroxylation is 1. The van der Waals surface area contributed by atoms with Crippen LogP contribution in [-0.4, -0.2) is 61.4 Å². The molecule has 1 aliphatic heterocycles. The van der Waals surface area contributed by atoms with Gasteiger partial charge in [-0.15, -0.1) is 0 Å². The minimum Gasteiger partial charge on any atom is -0.493 e. The zero-order valence-corrected chi connectivity index (χ0v) is 20.6. The van der Waals surface area contributed by atoms with E-state index in [0.29, 0.717) is 52.8 Å². The first kappa shape index (κ1) is 25.8. The fraction of sp³-hybridized carbons (Fsp3) is 0.440. The third-order valence-electron chi connectivity index (χ3n) is 6.02. The molecule has 11 heteroatoms. The van der Waals surface area contributed by atoms with Gasteiger partial charge in [0.1, 0.15) is 24.4 Å². The molecule has 0 unspecified atom stereocenters. The van der Waals surface area contributed by atoms with E-state index >= 15 is 0 Å². The number of nitrogen functional groups attached to an aromatic ring is 1. The highest BCUT2D eigenvalue weighted by Gasteiger charge is 2.31. The molecule has 3 N–H and O–H groups in total. The van der Waals surface area contributed by atoms with Crippen molar-refractivity contribution in [2.75, 3.05) is 51.5 Å². The summed E-state index contributed by atoms with van der Waals surface area (Å²) in [5, 5.41) is 3.87. The van der Waals surface area contributed by atoms with Crippen molar-refractivity contribution in [3.8, 4) is 11.5 Å². The summed E-state index contributed by atoms with van der Waals surface area (Å²) in [5.74, 6) is 1.96. The fourth-order valence-electron chi connectivity index (χ4n) is 4.16. The molecule has 1 saturated heterocycles. The summed E-state index contributed by atoms with van der Waals surface area (Å²) in [6, 6.07) is 6.53. The molecule has 2 aromatic carbocycles. The third kappa shape index (κ3) is 5.90. The van der Waals surface area contributed by atoms with E-state index in [9.17, 15) is 13.2 Å². The van der Waals surface area contributed by atoms with Crippen molar-refractivity contribution in [2.24, 2.45) is 0 Å². The SMILES string of the molecule is COc1cc2nc(C)nc(N[C@H](C)c3cc(N)cc(C(F)(F)F)c3)c2cc1OC[C@@H]1CN(C)CCO1. The summed E-state index contributed by atoms with van der Waals surface area (Å²) in [7, 11) is 3.58. The van der Waals surface area contributed by atoms with E-state index in [1.807, 2.05) is 7.05 Å². The van der Waals surface area contributed by atoms with Gasteiger partial charge in [-0.2, -0.15) is 13.2 Å². The van der Waals surface area contributed by atoms with Crippen molar-refractivity contribution < 1.29 is 27.4 Å². The molecule has 1 aromatic heterocycles. The number of morpholine rings is 1. The zero-order chi connectivity index (χ0) is 26.0. The standard InChI is InChI=1S/C25H30F3N5O3/c1-14(16-7-17(25(26,27)28)9-18(29)8-16)30-24-20-10-23(36-13-19-12-33(3)5-6-35-19)22(34-4)11-21(20)31-15(2)32-24/h7-11,14,19H,5-6,12-13,29H2,1-4H3,(H,30,31,32)/t14-,19+/m1/s1. The second-order valence-corrected chi connectivity index (χ2v) is 8.96. The lowest BCUT2D eigenvalue weighted by Gasteiger charge is -2.30. The molecular formula is C25H30F3N5O3. The Labute approximate surface area is 207 Å². The topological polar surface area (TPSA) is 94.8 Å². The van der Waals surface area contributed by atoms with Crippen LogP contribution in [0.4, 0.5) is 24.7 Å². The summed E-state index contributed by atoms with van der Waals surface area (Å²) in [6.07, 6.45) is -4.58. The Balaban J connectivity index is 1.65. The van der Waals surface area contributed by atoms with E-state index in [2.05, 4.69) is 20.2 Å². The second kappa shape index (κ2) is 10.4. The van der Waals surface area contributed by atoms with Crippen molar-refractivity contribution in [3.05, 3.63) is 47.3 Å². The Morgan fingerprint density at radius 2 is 1.97 bits per heavy atom. The Morgan fingerprint density at radius 3 is 2.67 bits per heavy atom. The predicted molar refractivity (Wildman–Crippen MR) is 131 cm³/mol. The summed E-state index contributed by atoms with van der Waals surface area (Å²) in [6.45, 7) is 6.08. The normalized spacial score (nSPS) is 17.7. The minimum absolute atomic E-state index is 0.0354. The molecule has 2 heterocycles. The van der Waals surface area contributed by atoms with Crippen LogP contribution in [0.2, 0.25) is 0 Å². The Kier molecular flexibility index (Phi) is 7.41. The maximum atomic E-state index is 13.3. The lowest BCUT2D eigenvalue weighted by Crippen LogP contribution is -2.42. The van der Waals surface area contributed by atoms with Gasteiger partial charge in [0.15, 0.2) is 11.5 Å². The molecule has 1 aliphatic rings. The Morgan fingerprint density at radius 1 is 1.19 bits per heavy atom. The predicted octanol–water partition coefficient (Wildman–Crippen LogP) is 4.43. The van der Waals surface area contributed by atoms with E-state index in [1.54, 1.807) is 33.1 Å². The maximum absolute atomic E-state index is 13.3. The minimum atomic E-state index is -4.50. The molecule has 0 aliphatic carbocycles. The molecule has 1 fully saturated rings. The van der Waals surface area contributed by atoms with Crippen LogP contribution in [0.15, 0.2) is 30.3 Å². The second-order valence-electron chi connectivity index (χ2n) is 8.96. The van der Waals surface area contributed by atoms with Gasteiger partial charge in [0, 0.05) is 30.2 Å². The molecule has 0 spiro atoms. The molecule has 0 bridgehead atoms. The Hall–Kier alpha value is -3.31. The number of hydrogen-bond donors (Lipinski definition) is 2. The fourth-order valence-corrected chi connectivity index (χ4v) is 4.16. The molecule has 2 atom stereocenters. The molecule has 36 heavy (non-hydrogen) atoms. The molecule has 3 aromatic rings. The van der Waals surface area contributed by atoms with Crippen molar-refractivity contribution in [3.63, 3.8) is 0 Å². The van der Waals surface area contributed by atoms with Gasteiger partial charge in [-0.05, 0) is 50.7 Å². The van der Waals surface area contributed by atoms with Crippen molar-refractivity contribution >= 4 is 22.4 Å². The Bertz CT molecular complexity index is 1240. The number of anilines is 2. The molecule has 8 nitrogen and oxygen atoms in total. The molecule has 0 radical (unpaired) electrons. The number of ether oxygens (including phenoxy) is 3. The molecule has 4 rings (SSSR count). The number of fused-ring (bicyclic) bond motifs is 1. The summed E-state index contributed by atoms with van der Waals surface area (Å²) < 4.78 is 57.3. The van der Waals surface area contributed by atoms with Gasteiger partial charge in [-0.3, -0.25) is 0 Å². The monoisotopic (exact) mass is 505 g/mol. The van der Waals surface area contributed by atoms with E-state index in [1.165, 1.54) is 6.07 Å². The molecule has 194 valence electrons. The van der Waals surface area contributed by atoms with Gasteiger partial charge in [-0.25, -0.2) is 9.97 Å². The third-order valence-corrected chi connectivity index (χ3v) is 6.02. The lowest BCUT2D eigenvalue weighted by atomic mass is 10.0. The van der Waals surface area contributed by atoms with E-state index in [0.717, 1.165) is 25.2 Å². The highest BCUT2D eigenvalue weighted by atomic mass is 19.4. The van der Waals surface area contributed by atoms with Crippen LogP contribution in [0.25, 0.3) is 10.9 Å². The summed E-state index contributed by atoms with van der Waals surface area (Å²) in [4.78, 5) is 11.2. The number of hydrogen-bond acceptors (Lipinski definition) is 8. The van der Waals surface area contributed by atoms with Crippen LogP contribution in [-0.2, 0) is 10.9 Å². The number of methoxy groups -OCH3 is 1. The van der Waals surface area contributed by atoms with Crippen molar-refractivity contribution in [2.45, 2.75) is 32.2 Å². The van der Waals surface area contributed by atoms with Crippen molar-refractivity contribution in [1.82, 2.24) is 14.9 Å². The average molecular weight is 506 g/mol. The lowest BCUT2D eigenvalue weighted by molar-refractivity contribution is -0.137. The highest BCUT2D eigenvalue weighted by molar-refractivity contribution is 5.92. The first-order chi connectivity index (χ1) is 17.0. The van der Waals surface area contributed by atoms with Gasteiger partial charge < -0.3 is 30.2 Å². The first-order valence-electron chi connectivity index (χ1n) is 11.6. The van der Waals surface area contributed by atoms with Crippen LogP contribution in [0.3, 0.4) is 0 Å². The number of nitrogens with one attached hydrogen (secondary N) is 1. The quantitative estimate of drug-likeness (QED) is 0.456. The van der Waals surface area contributed by atoms with E-state index in [-0.39, 0.29) is 11.8 Å².